The lowest BCUT2D eigenvalue weighted by molar-refractivity contribution is -0.116. The minimum absolute atomic E-state index is 0.0576. The van der Waals surface area contributed by atoms with Gasteiger partial charge in [0.2, 0.25) is 5.91 Å². The van der Waals surface area contributed by atoms with Crippen molar-refractivity contribution in [2.24, 2.45) is 5.92 Å². The molecule has 1 aromatic rings. The van der Waals surface area contributed by atoms with E-state index in [1.54, 1.807) is 6.07 Å². The van der Waals surface area contributed by atoms with Gasteiger partial charge in [-0.3, -0.25) is 4.79 Å². The summed E-state index contributed by atoms with van der Waals surface area (Å²) < 4.78 is 13.1. The van der Waals surface area contributed by atoms with Gasteiger partial charge in [-0.25, -0.2) is 4.39 Å². The maximum atomic E-state index is 13.1. The molecular weight excluding hydrogens is 245 g/mol. The number of carbonyl (C=O) groups excluding carboxylic acids is 1. The third kappa shape index (κ3) is 3.76. The van der Waals surface area contributed by atoms with E-state index in [4.69, 9.17) is 5.26 Å². The predicted molar refractivity (Wildman–Crippen MR) is 70.0 cm³/mol. The Morgan fingerprint density at radius 1 is 1.58 bits per heavy atom. The zero-order valence-electron chi connectivity index (χ0n) is 10.6. The Morgan fingerprint density at radius 2 is 2.42 bits per heavy atom. The van der Waals surface area contributed by atoms with Crippen molar-refractivity contribution in [3.63, 3.8) is 0 Å². The Bertz CT molecular complexity index is 504. The number of rotatable bonds is 4. The van der Waals surface area contributed by atoms with Gasteiger partial charge in [0.15, 0.2) is 0 Å². The van der Waals surface area contributed by atoms with Gasteiger partial charge < -0.3 is 10.6 Å². The van der Waals surface area contributed by atoms with Gasteiger partial charge in [0.25, 0.3) is 0 Å². The molecule has 19 heavy (non-hydrogen) atoms. The summed E-state index contributed by atoms with van der Waals surface area (Å²) in [6, 6.07) is 5.76. The molecule has 1 aromatic carbocycles. The van der Waals surface area contributed by atoms with Crippen LogP contribution < -0.4 is 10.6 Å². The number of benzene rings is 1. The number of nitriles is 1. The quantitative estimate of drug-likeness (QED) is 0.871. The Labute approximate surface area is 111 Å². The summed E-state index contributed by atoms with van der Waals surface area (Å²) in [7, 11) is 0. The molecule has 100 valence electrons. The summed E-state index contributed by atoms with van der Waals surface area (Å²) in [6.45, 7) is 2.00. The number of nitrogens with one attached hydrogen (secondary N) is 2. The number of nitrogens with zero attached hydrogens (tertiary/aromatic N) is 1. The average Bonchev–Trinajstić information content (AvgIpc) is 2.92. The van der Waals surface area contributed by atoms with E-state index in [-0.39, 0.29) is 11.5 Å². The van der Waals surface area contributed by atoms with E-state index >= 15 is 0 Å². The molecule has 1 aliphatic rings. The van der Waals surface area contributed by atoms with Crippen LogP contribution in [0.4, 0.5) is 10.1 Å². The molecule has 0 aromatic heterocycles. The molecule has 1 amide bonds. The fraction of sp³-hybridized carbons (Fsp3) is 0.429. The highest BCUT2D eigenvalue weighted by Crippen LogP contribution is 2.17. The largest absolute Gasteiger partial charge is 0.326 e. The van der Waals surface area contributed by atoms with Crippen LogP contribution in [0.15, 0.2) is 18.2 Å². The lowest BCUT2D eigenvalue weighted by Crippen LogP contribution is -2.15. The Hall–Kier alpha value is -1.93. The Balaban J connectivity index is 1.86. The molecule has 0 bridgehead atoms. The van der Waals surface area contributed by atoms with E-state index in [9.17, 15) is 9.18 Å². The first-order valence-electron chi connectivity index (χ1n) is 6.39. The van der Waals surface area contributed by atoms with Crippen LogP contribution in [-0.4, -0.2) is 19.0 Å². The highest BCUT2D eigenvalue weighted by atomic mass is 19.1. The first-order valence-corrected chi connectivity index (χ1v) is 6.39. The number of anilines is 1. The van der Waals surface area contributed by atoms with Gasteiger partial charge in [-0.2, -0.15) is 5.26 Å². The highest BCUT2D eigenvalue weighted by molar-refractivity contribution is 5.90. The van der Waals surface area contributed by atoms with Gasteiger partial charge in [-0.1, -0.05) is 0 Å². The summed E-state index contributed by atoms with van der Waals surface area (Å²) in [5, 5.41) is 14.7. The van der Waals surface area contributed by atoms with E-state index in [1.165, 1.54) is 18.2 Å². The first-order chi connectivity index (χ1) is 9.19. The van der Waals surface area contributed by atoms with Crippen molar-refractivity contribution in [3.8, 4) is 6.07 Å². The second-order valence-corrected chi connectivity index (χ2v) is 4.75. The zero-order chi connectivity index (χ0) is 13.7. The van der Waals surface area contributed by atoms with Crippen molar-refractivity contribution in [3.05, 3.63) is 29.6 Å². The van der Waals surface area contributed by atoms with Crippen LogP contribution in [0.25, 0.3) is 0 Å². The van der Waals surface area contributed by atoms with Gasteiger partial charge in [-0.05, 0) is 50.0 Å². The molecule has 1 saturated heterocycles. The molecule has 0 saturated carbocycles. The van der Waals surface area contributed by atoms with Crippen LogP contribution >= 0.6 is 0 Å². The molecule has 4 nitrogen and oxygen atoms in total. The molecule has 1 heterocycles. The summed E-state index contributed by atoms with van der Waals surface area (Å²) in [5.41, 5.74) is 0.408. The van der Waals surface area contributed by atoms with E-state index in [2.05, 4.69) is 10.6 Å². The SMILES string of the molecule is N#Cc1cc(NC(=O)CCC2CCNC2)ccc1F. The van der Waals surface area contributed by atoms with Crippen LogP contribution in [-0.2, 0) is 4.79 Å². The van der Waals surface area contributed by atoms with Crippen LogP contribution in [0.5, 0.6) is 0 Å². The monoisotopic (exact) mass is 261 g/mol. The molecule has 1 fully saturated rings. The first kappa shape index (κ1) is 13.5. The summed E-state index contributed by atoms with van der Waals surface area (Å²) in [5.74, 6) is -0.103. The average molecular weight is 261 g/mol. The van der Waals surface area contributed by atoms with Crippen LogP contribution in [0.2, 0.25) is 0 Å². The molecule has 5 heteroatoms. The molecule has 1 unspecified atom stereocenters. The number of halogens is 1. The molecule has 1 atom stereocenters. The van der Waals surface area contributed by atoms with Crippen LogP contribution in [0.3, 0.4) is 0 Å². The molecule has 0 radical (unpaired) electrons. The van der Waals surface area contributed by atoms with Crippen molar-refractivity contribution in [2.45, 2.75) is 19.3 Å². The summed E-state index contributed by atoms with van der Waals surface area (Å²) in [6.07, 6.45) is 2.42. The van der Waals surface area contributed by atoms with E-state index in [1.807, 2.05) is 0 Å². The van der Waals surface area contributed by atoms with Crippen molar-refractivity contribution >= 4 is 11.6 Å². The number of amides is 1. The van der Waals surface area contributed by atoms with E-state index in [0.717, 1.165) is 25.9 Å². The molecular formula is C14H16FN3O. The van der Waals surface area contributed by atoms with Gasteiger partial charge >= 0.3 is 0 Å². The second-order valence-electron chi connectivity index (χ2n) is 4.75. The molecule has 0 spiro atoms. The van der Waals surface area contributed by atoms with Crippen LogP contribution in [0, 0.1) is 23.1 Å². The van der Waals surface area contributed by atoms with E-state index < -0.39 is 5.82 Å². The molecule has 1 aliphatic heterocycles. The van der Waals surface area contributed by atoms with Gasteiger partial charge in [0, 0.05) is 12.1 Å². The molecule has 0 aliphatic carbocycles. The van der Waals surface area contributed by atoms with Gasteiger partial charge in [0.1, 0.15) is 11.9 Å². The minimum Gasteiger partial charge on any atom is -0.326 e. The third-order valence-electron chi connectivity index (χ3n) is 3.31. The van der Waals surface area contributed by atoms with E-state index in [0.29, 0.717) is 18.0 Å². The Morgan fingerprint density at radius 3 is 3.11 bits per heavy atom. The zero-order valence-corrected chi connectivity index (χ0v) is 10.6. The van der Waals surface area contributed by atoms with Crippen molar-refractivity contribution in [1.82, 2.24) is 5.32 Å². The fourth-order valence-corrected chi connectivity index (χ4v) is 2.21. The normalized spacial score (nSPS) is 18.0. The Kier molecular flexibility index (Phi) is 4.48. The van der Waals surface area contributed by atoms with Gasteiger partial charge in [0.05, 0.1) is 5.56 Å². The number of hydrogen-bond acceptors (Lipinski definition) is 3. The van der Waals surface area contributed by atoms with Crippen molar-refractivity contribution < 1.29 is 9.18 Å². The van der Waals surface area contributed by atoms with Crippen molar-refractivity contribution in [1.29, 1.82) is 5.26 Å². The predicted octanol–water partition coefficient (Wildman–Crippen LogP) is 2.03. The molecule has 2 rings (SSSR count). The minimum atomic E-state index is -0.572. The maximum absolute atomic E-state index is 13.1. The maximum Gasteiger partial charge on any atom is 0.224 e. The summed E-state index contributed by atoms with van der Waals surface area (Å²) >= 11 is 0. The van der Waals surface area contributed by atoms with Crippen molar-refractivity contribution in [2.75, 3.05) is 18.4 Å². The van der Waals surface area contributed by atoms with Crippen LogP contribution in [0.1, 0.15) is 24.8 Å². The lowest BCUT2D eigenvalue weighted by Gasteiger charge is -2.09. The lowest BCUT2D eigenvalue weighted by atomic mass is 10.0. The number of carbonyl (C=O) groups is 1. The smallest absolute Gasteiger partial charge is 0.224 e. The topological polar surface area (TPSA) is 64.9 Å². The standard InChI is InChI=1S/C14H16FN3O/c15-13-3-2-12(7-11(13)8-16)18-14(19)4-1-10-5-6-17-9-10/h2-3,7,10,17H,1,4-6,9H2,(H,18,19). The van der Waals surface area contributed by atoms with Gasteiger partial charge in [-0.15, -0.1) is 0 Å². The second kappa shape index (κ2) is 6.30. The summed E-state index contributed by atoms with van der Waals surface area (Å²) in [4.78, 5) is 11.7. The number of hydrogen-bond donors (Lipinski definition) is 2. The highest BCUT2D eigenvalue weighted by Gasteiger charge is 2.15. The third-order valence-corrected chi connectivity index (χ3v) is 3.31. The fourth-order valence-electron chi connectivity index (χ4n) is 2.21. The molecule has 2 N–H and O–H groups in total.